The van der Waals surface area contributed by atoms with Crippen molar-refractivity contribution in [2.45, 2.75) is 63.8 Å². The molecule has 6 N–H and O–H groups in total. The number of fused-ring (bicyclic) bond motifs is 2. The van der Waals surface area contributed by atoms with Gasteiger partial charge in [-0.1, -0.05) is 48.5 Å². The standard InChI is InChI=1S/C28H28N4O3S.C27H30N4O3/c1-28(2,14-19-16-31-27-22(19)7-5-9-25(27)34-13-12-29)32-17-20(33)18-35-24-8-4-3-6-23(24)26-11-10-21(15-30)36-26;1-27(2,16-20-17-29-26-22(20)8-7-11-25(26)33-15-12-28)30-18-21(32)19-34-24-10-4-3-9-23(24)31-13-5-6-14-31/h3-11,16,20,31-33H,13-14,17-18H2,1-2H3;3-11,13-14,17,21,29-30,32H,15-16,18-19H2,1-2H3/t20-;21-/m00/s1. The van der Waals surface area contributed by atoms with Gasteiger partial charge >= 0.3 is 0 Å². The molecular weight excluding hydrogens is 901 g/mol. The maximum atomic E-state index is 10.6. The summed E-state index contributed by atoms with van der Waals surface area (Å²) in [6, 6.07) is 40.9. The number of ether oxygens (including phenoxy) is 4. The second kappa shape index (κ2) is 23.6. The fraction of sp³-hybridized carbons (Fsp3) is 0.291. The van der Waals surface area contributed by atoms with Crippen LogP contribution in [0.15, 0.2) is 134 Å². The number of thiophene rings is 1. The molecule has 0 aliphatic rings. The highest BCUT2D eigenvalue weighted by molar-refractivity contribution is 7.16. The molecule has 0 saturated heterocycles. The first kappa shape index (κ1) is 50.3. The minimum Gasteiger partial charge on any atom is -0.490 e. The van der Waals surface area contributed by atoms with Crippen LogP contribution in [-0.4, -0.2) is 87.6 Å². The van der Waals surface area contributed by atoms with Crippen molar-refractivity contribution in [2.75, 3.05) is 39.5 Å². The van der Waals surface area contributed by atoms with Crippen molar-refractivity contribution in [3.05, 3.63) is 150 Å². The van der Waals surface area contributed by atoms with Gasteiger partial charge in [0.15, 0.2) is 13.2 Å². The number of nitriles is 3. The van der Waals surface area contributed by atoms with Gasteiger partial charge in [-0.3, -0.25) is 0 Å². The van der Waals surface area contributed by atoms with E-state index < -0.39 is 12.2 Å². The number of hydrogen-bond acceptors (Lipinski definition) is 12. The quantitative estimate of drug-likeness (QED) is 0.0377. The van der Waals surface area contributed by atoms with Crippen LogP contribution in [-0.2, 0) is 12.8 Å². The Bertz CT molecular complexity index is 3080. The molecule has 0 bridgehead atoms. The average molecular weight is 959 g/mol. The molecule has 0 aliphatic carbocycles. The van der Waals surface area contributed by atoms with E-state index in [1.165, 1.54) is 11.3 Å². The summed E-state index contributed by atoms with van der Waals surface area (Å²) in [7, 11) is 0. The van der Waals surface area contributed by atoms with E-state index in [4.69, 9.17) is 34.7 Å². The van der Waals surface area contributed by atoms with E-state index in [2.05, 4.69) is 54.4 Å². The third-order valence-corrected chi connectivity index (χ3v) is 12.5. The molecule has 0 spiro atoms. The maximum absolute atomic E-state index is 10.6. The molecule has 14 nitrogen and oxygen atoms in total. The first-order valence-corrected chi connectivity index (χ1v) is 23.8. The van der Waals surface area contributed by atoms with Crippen LogP contribution in [0.5, 0.6) is 23.0 Å². The minimum absolute atomic E-state index is 0.000813. The molecule has 8 aromatic rings. The minimum atomic E-state index is -0.704. The van der Waals surface area contributed by atoms with E-state index >= 15 is 0 Å². The molecule has 360 valence electrons. The van der Waals surface area contributed by atoms with Gasteiger partial charge in [-0.2, -0.15) is 15.8 Å². The van der Waals surface area contributed by atoms with Crippen LogP contribution >= 0.6 is 11.3 Å². The molecule has 0 amide bonds. The normalized spacial score (nSPS) is 12.3. The van der Waals surface area contributed by atoms with Crippen molar-refractivity contribution in [1.82, 2.24) is 25.2 Å². The zero-order chi connectivity index (χ0) is 49.5. The van der Waals surface area contributed by atoms with Crippen molar-refractivity contribution in [3.63, 3.8) is 0 Å². The summed E-state index contributed by atoms with van der Waals surface area (Å²) in [5.41, 5.74) is 5.31. The van der Waals surface area contributed by atoms with E-state index in [0.29, 0.717) is 35.2 Å². The van der Waals surface area contributed by atoms with Crippen LogP contribution in [0.3, 0.4) is 0 Å². The Kier molecular flexibility index (Phi) is 17.0. The number of nitrogens with one attached hydrogen (secondary N) is 4. The predicted octanol–water partition coefficient (Wildman–Crippen LogP) is 9.23. The summed E-state index contributed by atoms with van der Waals surface area (Å²) in [6.45, 7) is 9.51. The molecular formula is C55H58N8O6S. The van der Waals surface area contributed by atoms with Gasteiger partial charge < -0.3 is 54.3 Å². The monoisotopic (exact) mass is 958 g/mol. The smallest absolute Gasteiger partial charge is 0.174 e. The first-order chi connectivity index (χ1) is 33.9. The second-order valence-electron chi connectivity index (χ2n) is 18.0. The van der Waals surface area contributed by atoms with Crippen LogP contribution < -0.4 is 29.6 Å². The van der Waals surface area contributed by atoms with Gasteiger partial charge in [-0.25, -0.2) is 0 Å². The molecule has 2 atom stereocenters. The molecule has 0 saturated carbocycles. The Morgan fingerprint density at radius 2 is 1.10 bits per heavy atom. The molecule has 4 heterocycles. The van der Waals surface area contributed by atoms with Crippen molar-refractivity contribution in [3.8, 4) is 57.3 Å². The highest BCUT2D eigenvalue weighted by atomic mass is 32.1. The summed E-state index contributed by atoms with van der Waals surface area (Å²) in [6.07, 6.45) is 7.98. The van der Waals surface area contributed by atoms with E-state index in [0.717, 1.165) is 67.7 Å². The lowest BCUT2D eigenvalue weighted by Gasteiger charge is -2.28. The summed E-state index contributed by atoms with van der Waals surface area (Å²) in [4.78, 5) is 8.14. The summed E-state index contributed by atoms with van der Waals surface area (Å²) < 4.78 is 25.0. The summed E-state index contributed by atoms with van der Waals surface area (Å²) in [5, 5.41) is 56.9. The number of aromatic nitrogens is 3. The van der Waals surface area contributed by atoms with E-state index in [-0.39, 0.29) is 37.5 Å². The molecule has 0 fully saturated rings. The third-order valence-electron chi connectivity index (χ3n) is 11.5. The zero-order valence-electron chi connectivity index (χ0n) is 39.7. The van der Waals surface area contributed by atoms with Gasteiger partial charge in [-0.05, 0) is 112 Å². The third kappa shape index (κ3) is 13.4. The van der Waals surface area contributed by atoms with Crippen molar-refractivity contribution in [2.24, 2.45) is 0 Å². The summed E-state index contributed by atoms with van der Waals surface area (Å²) in [5.74, 6) is 2.73. The molecule has 70 heavy (non-hydrogen) atoms. The highest BCUT2D eigenvalue weighted by Gasteiger charge is 2.24. The van der Waals surface area contributed by atoms with E-state index in [1.807, 2.05) is 145 Å². The number of β-amino-alcohol motifs (C(OH)–C–C–N with tert-alkyl or cyclic N) is 2. The number of rotatable bonds is 22. The summed E-state index contributed by atoms with van der Waals surface area (Å²) >= 11 is 1.41. The number of aliphatic hydroxyl groups excluding tert-OH is 2. The number of nitrogens with zero attached hydrogens (tertiary/aromatic N) is 4. The molecule has 15 heteroatoms. The van der Waals surface area contributed by atoms with Crippen molar-refractivity contribution >= 4 is 33.1 Å². The Hall–Kier alpha value is -7.55. The Balaban J connectivity index is 0.000000207. The second-order valence-corrected chi connectivity index (χ2v) is 19.1. The van der Waals surface area contributed by atoms with Crippen LogP contribution in [0.1, 0.15) is 43.7 Å². The lowest BCUT2D eigenvalue weighted by Crippen LogP contribution is -2.46. The molecule has 4 aromatic carbocycles. The SMILES string of the molecule is CC(C)(Cc1c[nH]c2c(OCC#N)cccc12)NC[C@H](O)COc1ccccc1-c1ccc(C#N)s1.CC(C)(Cc1c[nH]c2c(OCC#N)cccc12)NC[C@H](O)COc1ccccc1-n1cccc1. The van der Waals surface area contributed by atoms with Crippen LogP contribution in [0.25, 0.3) is 37.9 Å². The Labute approximate surface area is 412 Å². The maximum Gasteiger partial charge on any atom is 0.174 e. The molecule has 0 unspecified atom stereocenters. The predicted molar refractivity (Wildman–Crippen MR) is 274 cm³/mol. The van der Waals surface area contributed by atoms with Crippen LogP contribution in [0.2, 0.25) is 0 Å². The fourth-order valence-electron chi connectivity index (χ4n) is 8.10. The van der Waals surface area contributed by atoms with Crippen molar-refractivity contribution in [1.29, 1.82) is 15.8 Å². The van der Waals surface area contributed by atoms with Crippen LogP contribution in [0.4, 0.5) is 0 Å². The lowest BCUT2D eigenvalue weighted by molar-refractivity contribution is 0.0988. The van der Waals surface area contributed by atoms with E-state index in [9.17, 15) is 10.2 Å². The molecule has 8 rings (SSSR count). The van der Waals surface area contributed by atoms with Gasteiger partial charge in [0.25, 0.3) is 0 Å². The Morgan fingerprint density at radius 3 is 1.63 bits per heavy atom. The van der Waals surface area contributed by atoms with Crippen LogP contribution in [0, 0.1) is 34.0 Å². The molecule has 0 aliphatic heterocycles. The Morgan fingerprint density at radius 1 is 0.600 bits per heavy atom. The van der Waals surface area contributed by atoms with E-state index in [1.54, 1.807) is 6.07 Å². The largest absolute Gasteiger partial charge is 0.490 e. The van der Waals surface area contributed by atoms with Gasteiger partial charge in [0, 0.05) is 70.2 Å². The number of aliphatic hydroxyl groups is 2. The highest BCUT2D eigenvalue weighted by Crippen LogP contribution is 2.35. The number of H-pyrrole nitrogens is 2. The number of para-hydroxylation sites is 5. The molecule has 0 radical (unpaired) electrons. The number of aromatic amines is 2. The zero-order valence-corrected chi connectivity index (χ0v) is 40.6. The van der Waals surface area contributed by atoms with Gasteiger partial charge in [0.2, 0.25) is 0 Å². The van der Waals surface area contributed by atoms with Gasteiger partial charge in [0.05, 0.1) is 16.7 Å². The number of hydrogen-bond donors (Lipinski definition) is 6. The molecule has 4 aromatic heterocycles. The van der Waals surface area contributed by atoms with Gasteiger partial charge in [0.1, 0.15) is 71.5 Å². The number of benzene rings is 4. The lowest BCUT2D eigenvalue weighted by atomic mass is 9.94. The van der Waals surface area contributed by atoms with Gasteiger partial charge in [-0.15, -0.1) is 11.3 Å². The fourth-order valence-corrected chi connectivity index (χ4v) is 8.94. The average Bonchev–Trinajstić information content (AvgIpc) is 4.22. The van der Waals surface area contributed by atoms with Crippen molar-refractivity contribution < 1.29 is 29.2 Å². The first-order valence-electron chi connectivity index (χ1n) is 23.0. The topological polar surface area (TPSA) is 209 Å².